The molecule has 0 aliphatic heterocycles. The molecule has 97 valence electrons. The molecule has 2 rings (SSSR count). The van der Waals surface area contributed by atoms with Gasteiger partial charge in [0.25, 0.3) is 0 Å². The maximum Gasteiger partial charge on any atom is 2.00 e. The third-order valence-electron chi connectivity index (χ3n) is 2.04. The first-order valence-corrected chi connectivity index (χ1v) is 5.83. The Morgan fingerprint density at radius 1 is 1.33 bits per heavy atom. The van der Waals surface area contributed by atoms with Crippen molar-refractivity contribution in [2.45, 2.75) is 12.1 Å². The van der Waals surface area contributed by atoms with Crippen LogP contribution in [-0.4, -0.2) is 21.1 Å². The van der Waals surface area contributed by atoms with Gasteiger partial charge in [0.05, 0.1) is 11.2 Å². The van der Waals surface area contributed by atoms with E-state index in [0.717, 1.165) is 5.56 Å². The van der Waals surface area contributed by atoms with E-state index >= 15 is 0 Å². The van der Waals surface area contributed by atoms with Crippen LogP contribution in [0.25, 0.3) is 0 Å². The zero-order valence-electron chi connectivity index (χ0n) is 9.06. The molecule has 0 spiro atoms. The molecule has 0 saturated heterocycles. The normalized spacial score (nSPS) is 10.6. The summed E-state index contributed by atoms with van der Waals surface area (Å²) in [6, 6.07) is 5.16. The molecule has 0 saturated carbocycles. The van der Waals surface area contributed by atoms with E-state index in [1.54, 1.807) is 31.3 Å². The number of aryl methyl sites for hydroxylation is 1. The second-order valence-corrected chi connectivity index (χ2v) is 4.46. The quantitative estimate of drug-likeness (QED) is 0.475. The molecule has 2 aromatic rings. The van der Waals surface area contributed by atoms with Crippen LogP contribution in [0.1, 0.15) is 11.4 Å². The summed E-state index contributed by atoms with van der Waals surface area (Å²) in [5.74, 6) is 0.622. The number of aromatic nitrogens is 3. The van der Waals surface area contributed by atoms with Crippen molar-refractivity contribution < 1.29 is 17.1 Å². The Labute approximate surface area is 130 Å². The fraction of sp³-hybridized carbons (Fsp3) is 0.100. The van der Waals surface area contributed by atoms with Gasteiger partial charge in [-0.25, -0.2) is 4.68 Å². The van der Waals surface area contributed by atoms with Crippen molar-refractivity contribution in [3.8, 4) is 0 Å². The molecule has 0 bridgehead atoms. The van der Waals surface area contributed by atoms with Gasteiger partial charge in [-0.05, 0) is 19.1 Å². The number of benzene rings is 1. The van der Waals surface area contributed by atoms with E-state index in [0.29, 0.717) is 21.0 Å². The Balaban J connectivity index is 0.00000162. The monoisotopic (exact) mass is 348 g/mol. The minimum Gasteiger partial charge on any atom is -0.738 e. The first-order chi connectivity index (χ1) is 8.08. The smallest absolute Gasteiger partial charge is 0.738 e. The standard InChI is InChI=1S/C10H8Cl2N4S.Cu/c1-6-14-15-10(17)16(6)13-5-7-2-3-8(11)4-9(7)12;/h2-5H,1H3,(H,15,17);/q;+2/p-1. The minimum atomic E-state index is 0. The van der Waals surface area contributed by atoms with Crippen LogP contribution in [0.4, 0.5) is 0 Å². The van der Waals surface area contributed by atoms with Crippen LogP contribution >= 0.6 is 23.2 Å². The second-order valence-electron chi connectivity index (χ2n) is 3.25. The number of rotatable bonds is 2. The molecule has 1 aromatic carbocycles. The van der Waals surface area contributed by atoms with E-state index in [4.69, 9.17) is 35.8 Å². The van der Waals surface area contributed by atoms with E-state index in [2.05, 4.69) is 15.3 Å². The van der Waals surface area contributed by atoms with E-state index in [1.165, 1.54) is 4.68 Å². The Morgan fingerprint density at radius 2 is 2.06 bits per heavy atom. The van der Waals surface area contributed by atoms with Gasteiger partial charge in [0, 0.05) is 15.7 Å². The van der Waals surface area contributed by atoms with Crippen molar-refractivity contribution in [2.75, 3.05) is 0 Å². The van der Waals surface area contributed by atoms with Crippen molar-refractivity contribution in [3.63, 3.8) is 0 Å². The average Bonchev–Trinajstić information content (AvgIpc) is 2.58. The van der Waals surface area contributed by atoms with Crippen LogP contribution in [0, 0.1) is 6.92 Å². The summed E-state index contributed by atoms with van der Waals surface area (Å²) >= 11 is 16.8. The van der Waals surface area contributed by atoms with E-state index in [1.807, 2.05) is 0 Å². The summed E-state index contributed by atoms with van der Waals surface area (Å²) in [6.07, 6.45) is 1.59. The predicted octanol–water partition coefficient (Wildman–Crippen LogP) is 2.68. The molecule has 0 fully saturated rings. The molecule has 1 radical (unpaired) electrons. The Bertz CT molecular complexity index is 566. The maximum atomic E-state index is 6.01. The van der Waals surface area contributed by atoms with Crippen molar-refractivity contribution in [3.05, 3.63) is 39.6 Å². The third-order valence-corrected chi connectivity index (χ3v) is 2.86. The van der Waals surface area contributed by atoms with Gasteiger partial charge in [-0.3, -0.25) is 0 Å². The summed E-state index contributed by atoms with van der Waals surface area (Å²) in [5, 5.41) is 13.1. The van der Waals surface area contributed by atoms with Gasteiger partial charge in [0.2, 0.25) is 0 Å². The topological polar surface area (TPSA) is 43.1 Å². The molecular formula is C10H7Cl2CuN4S+. The maximum absolute atomic E-state index is 6.01. The molecule has 0 aliphatic rings. The number of nitrogens with zero attached hydrogens (tertiary/aromatic N) is 4. The Kier molecular flexibility index (Phi) is 5.56. The van der Waals surface area contributed by atoms with E-state index in [9.17, 15) is 0 Å². The molecule has 8 heteroatoms. The third kappa shape index (κ3) is 3.43. The Morgan fingerprint density at radius 3 is 2.61 bits per heavy atom. The van der Waals surface area contributed by atoms with Crippen molar-refractivity contribution in [1.82, 2.24) is 14.9 Å². The van der Waals surface area contributed by atoms with Crippen LogP contribution in [0.2, 0.25) is 10.0 Å². The van der Waals surface area contributed by atoms with Crippen LogP contribution < -0.4 is 0 Å². The largest absolute Gasteiger partial charge is 2.00 e. The summed E-state index contributed by atoms with van der Waals surface area (Å²) in [5.41, 5.74) is 0.749. The average molecular weight is 350 g/mol. The van der Waals surface area contributed by atoms with Crippen LogP contribution in [0.15, 0.2) is 28.5 Å². The summed E-state index contributed by atoms with van der Waals surface area (Å²) in [7, 11) is 0. The second kappa shape index (κ2) is 6.50. The van der Waals surface area contributed by atoms with Gasteiger partial charge in [-0.2, -0.15) is 10.2 Å². The molecule has 4 nitrogen and oxygen atoms in total. The van der Waals surface area contributed by atoms with Crippen LogP contribution in [0.5, 0.6) is 0 Å². The first kappa shape index (κ1) is 15.4. The van der Waals surface area contributed by atoms with Gasteiger partial charge in [-0.15, -0.1) is 5.10 Å². The number of halogens is 2. The molecule has 18 heavy (non-hydrogen) atoms. The zero-order chi connectivity index (χ0) is 12.4. The zero-order valence-corrected chi connectivity index (χ0v) is 12.3. The fourth-order valence-electron chi connectivity index (χ4n) is 1.20. The predicted molar refractivity (Wildman–Crippen MR) is 69.8 cm³/mol. The number of hydrogen-bond acceptors (Lipinski definition) is 4. The minimum absolute atomic E-state index is 0. The fourth-order valence-corrected chi connectivity index (χ4v) is 1.87. The van der Waals surface area contributed by atoms with Gasteiger partial charge < -0.3 is 12.6 Å². The van der Waals surface area contributed by atoms with Gasteiger partial charge in [-0.1, -0.05) is 29.3 Å². The molecule has 0 unspecified atom stereocenters. The summed E-state index contributed by atoms with van der Waals surface area (Å²) < 4.78 is 1.46. The molecule has 1 aromatic heterocycles. The SMILES string of the molecule is Cc1nnc([S-])n1N=Cc1ccc(Cl)cc1Cl.[Cu+2]. The molecule has 0 aliphatic carbocycles. The van der Waals surface area contributed by atoms with Crippen LogP contribution in [0.3, 0.4) is 0 Å². The summed E-state index contributed by atoms with van der Waals surface area (Å²) in [6.45, 7) is 1.77. The van der Waals surface area contributed by atoms with Crippen molar-refractivity contribution >= 4 is 42.0 Å². The van der Waals surface area contributed by atoms with Crippen molar-refractivity contribution in [2.24, 2.45) is 5.10 Å². The van der Waals surface area contributed by atoms with Crippen LogP contribution in [-0.2, 0) is 29.7 Å². The van der Waals surface area contributed by atoms with E-state index in [-0.39, 0.29) is 17.1 Å². The first-order valence-electron chi connectivity index (χ1n) is 4.66. The summed E-state index contributed by atoms with van der Waals surface area (Å²) in [4.78, 5) is 0. The van der Waals surface area contributed by atoms with Gasteiger partial charge >= 0.3 is 17.1 Å². The van der Waals surface area contributed by atoms with E-state index < -0.39 is 0 Å². The number of hydrogen-bond donors (Lipinski definition) is 0. The molecule has 1 heterocycles. The van der Waals surface area contributed by atoms with Gasteiger partial charge in [0.1, 0.15) is 5.82 Å². The molecule has 0 amide bonds. The van der Waals surface area contributed by atoms with Gasteiger partial charge in [0.15, 0.2) is 0 Å². The molecule has 0 atom stereocenters. The Hall–Kier alpha value is -0.651. The molecule has 0 N–H and O–H groups in total. The molecular weight excluding hydrogens is 343 g/mol. The van der Waals surface area contributed by atoms with Crippen molar-refractivity contribution in [1.29, 1.82) is 0 Å².